The van der Waals surface area contributed by atoms with Crippen molar-refractivity contribution in [1.82, 2.24) is 10.2 Å². The number of carbonyl (C=O) groups excluding carboxylic acids is 1. The van der Waals surface area contributed by atoms with Gasteiger partial charge in [0, 0.05) is 25.7 Å². The zero-order chi connectivity index (χ0) is 11.1. The highest BCUT2D eigenvalue weighted by molar-refractivity contribution is 5.74. The normalized spacial score (nSPS) is 18.7. The maximum Gasteiger partial charge on any atom is 0.317 e. The van der Waals surface area contributed by atoms with E-state index < -0.39 is 0 Å². The Kier molecular flexibility index (Phi) is 5.47. The van der Waals surface area contributed by atoms with Gasteiger partial charge in [-0.3, -0.25) is 0 Å². The standard InChI is InChI=1S/C11H23N3O/c1-2-10(12)6-7-13-11(15)14-8-4-3-5-9-14/h10H,2-9,12H2,1H3,(H,13,15). The third-order valence-corrected chi connectivity index (χ3v) is 2.96. The molecule has 1 saturated heterocycles. The molecule has 1 fully saturated rings. The minimum atomic E-state index is 0.0815. The smallest absolute Gasteiger partial charge is 0.317 e. The number of hydrogen-bond donors (Lipinski definition) is 2. The maximum absolute atomic E-state index is 11.6. The van der Waals surface area contributed by atoms with Gasteiger partial charge >= 0.3 is 6.03 Å². The summed E-state index contributed by atoms with van der Waals surface area (Å²) in [7, 11) is 0. The Bertz CT molecular complexity index is 190. The molecule has 0 bridgehead atoms. The number of nitrogens with zero attached hydrogens (tertiary/aromatic N) is 1. The zero-order valence-corrected chi connectivity index (χ0v) is 9.67. The lowest BCUT2D eigenvalue weighted by Gasteiger charge is -2.27. The lowest BCUT2D eigenvalue weighted by Crippen LogP contribution is -2.43. The fraction of sp³-hybridized carbons (Fsp3) is 0.909. The monoisotopic (exact) mass is 213 g/mol. The molecule has 0 aromatic heterocycles. The summed E-state index contributed by atoms with van der Waals surface area (Å²) in [5.74, 6) is 0. The predicted octanol–water partition coefficient (Wildman–Crippen LogP) is 1.31. The molecule has 0 saturated carbocycles. The number of likely N-dealkylation sites (tertiary alicyclic amines) is 1. The van der Waals surface area contributed by atoms with E-state index in [-0.39, 0.29) is 12.1 Å². The Morgan fingerprint density at radius 3 is 2.67 bits per heavy atom. The van der Waals surface area contributed by atoms with Crippen LogP contribution >= 0.6 is 0 Å². The van der Waals surface area contributed by atoms with Crippen molar-refractivity contribution in [2.45, 2.75) is 45.1 Å². The molecule has 3 N–H and O–H groups in total. The minimum Gasteiger partial charge on any atom is -0.338 e. The second-order valence-corrected chi connectivity index (χ2v) is 4.24. The molecule has 0 aromatic carbocycles. The van der Waals surface area contributed by atoms with Crippen molar-refractivity contribution in [3.05, 3.63) is 0 Å². The second-order valence-electron chi connectivity index (χ2n) is 4.24. The fourth-order valence-corrected chi connectivity index (χ4v) is 1.78. The Balaban J connectivity index is 2.12. The number of urea groups is 1. The van der Waals surface area contributed by atoms with E-state index in [9.17, 15) is 4.79 Å². The Hall–Kier alpha value is -0.770. The highest BCUT2D eigenvalue weighted by Gasteiger charge is 2.15. The number of hydrogen-bond acceptors (Lipinski definition) is 2. The van der Waals surface area contributed by atoms with Crippen LogP contribution in [0.4, 0.5) is 4.79 Å². The van der Waals surface area contributed by atoms with Crippen molar-refractivity contribution in [2.24, 2.45) is 5.73 Å². The van der Waals surface area contributed by atoms with Gasteiger partial charge in [-0.15, -0.1) is 0 Å². The third-order valence-electron chi connectivity index (χ3n) is 2.96. The van der Waals surface area contributed by atoms with Crippen LogP contribution in [0.15, 0.2) is 0 Å². The molecule has 1 aliphatic rings. The molecule has 0 radical (unpaired) electrons. The summed E-state index contributed by atoms with van der Waals surface area (Å²) in [5, 5.41) is 2.92. The Morgan fingerprint density at radius 1 is 1.40 bits per heavy atom. The third kappa shape index (κ3) is 4.51. The summed E-state index contributed by atoms with van der Waals surface area (Å²) in [6.45, 7) is 4.58. The number of rotatable bonds is 4. The average Bonchev–Trinajstić information content (AvgIpc) is 2.29. The quantitative estimate of drug-likeness (QED) is 0.739. The van der Waals surface area contributed by atoms with Crippen LogP contribution < -0.4 is 11.1 Å². The summed E-state index contributed by atoms with van der Waals surface area (Å²) < 4.78 is 0. The Labute approximate surface area is 92.2 Å². The van der Waals surface area contributed by atoms with Crippen molar-refractivity contribution in [1.29, 1.82) is 0 Å². The van der Waals surface area contributed by atoms with Crippen molar-refractivity contribution in [3.63, 3.8) is 0 Å². The van der Waals surface area contributed by atoms with Crippen molar-refractivity contribution < 1.29 is 4.79 Å². The summed E-state index contributed by atoms with van der Waals surface area (Å²) in [4.78, 5) is 13.5. The van der Waals surface area contributed by atoms with Crippen LogP contribution in [-0.2, 0) is 0 Å². The van der Waals surface area contributed by atoms with Crippen LogP contribution in [0.3, 0.4) is 0 Å². The molecule has 4 nitrogen and oxygen atoms in total. The summed E-state index contributed by atoms with van der Waals surface area (Å²) in [6.07, 6.45) is 5.38. The highest BCUT2D eigenvalue weighted by Crippen LogP contribution is 2.08. The van der Waals surface area contributed by atoms with E-state index in [4.69, 9.17) is 5.73 Å². The van der Waals surface area contributed by atoms with Gasteiger partial charge < -0.3 is 16.0 Å². The largest absolute Gasteiger partial charge is 0.338 e. The molecule has 4 heteroatoms. The first-order valence-corrected chi connectivity index (χ1v) is 6.02. The number of amides is 2. The zero-order valence-electron chi connectivity index (χ0n) is 9.67. The van der Waals surface area contributed by atoms with E-state index in [1.54, 1.807) is 0 Å². The van der Waals surface area contributed by atoms with Gasteiger partial charge in [0.05, 0.1) is 0 Å². The molecule has 2 amide bonds. The SMILES string of the molecule is CCC(N)CCNC(=O)N1CCCCC1. The molecule has 0 aromatic rings. The van der Waals surface area contributed by atoms with Crippen LogP contribution in [0.5, 0.6) is 0 Å². The molecule has 0 aliphatic carbocycles. The van der Waals surface area contributed by atoms with Crippen LogP contribution in [0.2, 0.25) is 0 Å². The first kappa shape index (κ1) is 12.3. The number of carbonyl (C=O) groups is 1. The van der Waals surface area contributed by atoms with Crippen LogP contribution in [0, 0.1) is 0 Å². The molecule has 1 unspecified atom stereocenters. The summed E-state index contributed by atoms with van der Waals surface area (Å²) in [5.41, 5.74) is 5.77. The first-order chi connectivity index (χ1) is 7.24. The van der Waals surface area contributed by atoms with E-state index in [0.717, 1.165) is 38.8 Å². The number of piperidine rings is 1. The fourth-order valence-electron chi connectivity index (χ4n) is 1.78. The average molecular weight is 213 g/mol. The van der Waals surface area contributed by atoms with Crippen LogP contribution in [0.1, 0.15) is 39.0 Å². The van der Waals surface area contributed by atoms with E-state index in [1.165, 1.54) is 6.42 Å². The molecular formula is C11H23N3O. The van der Waals surface area contributed by atoms with Gasteiger partial charge in [0.1, 0.15) is 0 Å². The summed E-state index contributed by atoms with van der Waals surface area (Å²) >= 11 is 0. The van der Waals surface area contributed by atoms with Gasteiger partial charge in [0.25, 0.3) is 0 Å². The van der Waals surface area contributed by atoms with Crippen LogP contribution in [-0.4, -0.2) is 36.6 Å². The topological polar surface area (TPSA) is 58.4 Å². The number of nitrogens with one attached hydrogen (secondary N) is 1. The molecule has 1 rings (SSSR count). The van der Waals surface area contributed by atoms with Gasteiger partial charge in [-0.05, 0) is 32.1 Å². The molecule has 1 atom stereocenters. The lowest BCUT2D eigenvalue weighted by molar-refractivity contribution is 0.186. The van der Waals surface area contributed by atoms with Crippen molar-refractivity contribution in [3.8, 4) is 0 Å². The van der Waals surface area contributed by atoms with Gasteiger partial charge in [0.15, 0.2) is 0 Å². The maximum atomic E-state index is 11.6. The molecule has 0 spiro atoms. The van der Waals surface area contributed by atoms with E-state index in [2.05, 4.69) is 12.2 Å². The summed E-state index contributed by atoms with van der Waals surface area (Å²) in [6, 6.07) is 0.296. The molecular weight excluding hydrogens is 190 g/mol. The number of nitrogens with two attached hydrogens (primary N) is 1. The van der Waals surface area contributed by atoms with Crippen molar-refractivity contribution in [2.75, 3.05) is 19.6 Å². The van der Waals surface area contributed by atoms with E-state index >= 15 is 0 Å². The van der Waals surface area contributed by atoms with Gasteiger partial charge in [-0.2, -0.15) is 0 Å². The first-order valence-electron chi connectivity index (χ1n) is 6.02. The van der Waals surface area contributed by atoms with Gasteiger partial charge in [0.2, 0.25) is 0 Å². The highest BCUT2D eigenvalue weighted by atomic mass is 16.2. The van der Waals surface area contributed by atoms with Gasteiger partial charge in [-0.1, -0.05) is 6.92 Å². The predicted molar refractivity (Wildman–Crippen MR) is 61.7 cm³/mol. The van der Waals surface area contributed by atoms with E-state index in [1.807, 2.05) is 4.90 Å². The van der Waals surface area contributed by atoms with E-state index in [0.29, 0.717) is 6.54 Å². The molecule has 1 heterocycles. The Morgan fingerprint density at radius 2 is 2.07 bits per heavy atom. The molecule has 1 aliphatic heterocycles. The second kappa shape index (κ2) is 6.67. The van der Waals surface area contributed by atoms with Crippen LogP contribution in [0.25, 0.3) is 0 Å². The molecule has 88 valence electrons. The lowest BCUT2D eigenvalue weighted by atomic mass is 10.1. The molecule has 15 heavy (non-hydrogen) atoms. The van der Waals surface area contributed by atoms with Crippen molar-refractivity contribution >= 4 is 6.03 Å². The van der Waals surface area contributed by atoms with Gasteiger partial charge in [-0.25, -0.2) is 4.79 Å². The minimum absolute atomic E-state index is 0.0815.